The first-order chi connectivity index (χ1) is 8.25. The van der Waals surface area contributed by atoms with Gasteiger partial charge in [0.25, 0.3) is 0 Å². The molecule has 1 heterocycles. The van der Waals surface area contributed by atoms with Crippen LogP contribution < -0.4 is 5.32 Å². The van der Waals surface area contributed by atoms with Gasteiger partial charge in [0.2, 0.25) is 0 Å². The Morgan fingerprint density at radius 1 is 1.18 bits per heavy atom. The van der Waals surface area contributed by atoms with E-state index in [2.05, 4.69) is 5.32 Å². The quantitative estimate of drug-likeness (QED) is 0.830. The minimum absolute atomic E-state index is 0.335. The zero-order valence-electron chi connectivity index (χ0n) is 9.89. The summed E-state index contributed by atoms with van der Waals surface area (Å²) in [5.74, 6) is 1.75. The Morgan fingerprint density at radius 2 is 1.94 bits per heavy atom. The van der Waals surface area contributed by atoms with E-state index in [4.69, 9.17) is 9.52 Å². The first-order valence-corrected chi connectivity index (χ1v) is 5.78. The molecule has 0 aliphatic rings. The Morgan fingerprint density at radius 3 is 2.65 bits per heavy atom. The van der Waals surface area contributed by atoms with E-state index in [0.717, 1.165) is 17.1 Å². The molecule has 0 bridgehead atoms. The van der Waals surface area contributed by atoms with Gasteiger partial charge in [-0.2, -0.15) is 0 Å². The molecule has 2 aromatic rings. The lowest BCUT2D eigenvalue weighted by Gasteiger charge is -2.04. The van der Waals surface area contributed by atoms with Gasteiger partial charge >= 0.3 is 0 Å². The zero-order valence-corrected chi connectivity index (χ0v) is 9.89. The fourth-order valence-electron chi connectivity index (χ4n) is 1.63. The van der Waals surface area contributed by atoms with Crippen molar-refractivity contribution in [2.24, 2.45) is 0 Å². The second kappa shape index (κ2) is 5.66. The molecule has 3 nitrogen and oxygen atoms in total. The third kappa shape index (κ3) is 3.44. The maximum Gasteiger partial charge on any atom is 0.134 e. The molecule has 2 N–H and O–H groups in total. The van der Waals surface area contributed by atoms with Gasteiger partial charge in [-0.15, -0.1) is 0 Å². The molecular weight excluding hydrogens is 214 g/mol. The number of hydrogen-bond donors (Lipinski definition) is 2. The number of nitrogens with one attached hydrogen (secondary N) is 1. The fourth-order valence-corrected chi connectivity index (χ4v) is 1.63. The van der Waals surface area contributed by atoms with Crippen molar-refractivity contribution in [3.63, 3.8) is 0 Å². The van der Waals surface area contributed by atoms with Crippen molar-refractivity contribution < 1.29 is 9.52 Å². The summed E-state index contributed by atoms with van der Waals surface area (Å²) >= 11 is 0. The molecule has 0 radical (unpaired) electrons. The normalized spacial score (nSPS) is 12.6. The van der Waals surface area contributed by atoms with Gasteiger partial charge in [-0.25, -0.2) is 0 Å². The Hall–Kier alpha value is -1.58. The SMILES string of the molecule is C[C@@H](O)CNCc1ccc(-c2ccccc2)o1. The lowest BCUT2D eigenvalue weighted by Crippen LogP contribution is -2.23. The molecule has 0 saturated heterocycles. The molecule has 0 aliphatic carbocycles. The van der Waals surface area contributed by atoms with Crippen LogP contribution in [0.2, 0.25) is 0 Å². The minimum atomic E-state index is -0.335. The Bertz CT molecular complexity index is 448. The van der Waals surface area contributed by atoms with Crippen LogP contribution in [0.5, 0.6) is 0 Å². The maximum atomic E-state index is 9.12. The van der Waals surface area contributed by atoms with Gasteiger partial charge in [-0.1, -0.05) is 30.3 Å². The van der Waals surface area contributed by atoms with E-state index < -0.39 is 0 Å². The van der Waals surface area contributed by atoms with Crippen molar-refractivity contribution in [2.45, 2.75) is 19.6 Å². The van der Waals surface area contributed by atoms with E-state index >= 15 is 0 Å². The van der Waals surface area contributed by atoms with Crippen LogP contribution >= 0.6 is 0 Å². The number of furan rings is 1. The predicted octanol–water partition coefficient (Wildman–Crippen LogP) is 2.42. The summed E-state index contributed by atoms with van der Waals surface area (Å²) in [6, 6.07) is 13.9. The maximum absolute atomic E-state index is 9.12. The molecule has 0 spiro atoms. The van der Waals surface area contributed by atoms with Crippen LogP contribution in [0.3, 0.4) is 0 Å². The highest BCUT2D eigenvalue weighted by Gasteiger charge is 2.04. The zero-order chi connectivity index (χ0) is 12.1. The fraction of sp³-hybridized carbons (Fsp3) is 0.286. The monoisotopic (exact) mass is 231 g/mol. The largest absolute Gasteiger partial charge is 0.460 e. The highest BCUT2D eigenvalue weighted by atomic mass is 16.3. The molecule has 3 heteroatoms. The summed E-state index contributed by atoms with van der Waals surface area (Å²) in [6.07, 6.45) is -0.335. The van der Waals surface area contributed by atoms with E-state index in [1.165, 1.54) is 0 Å². The molecule has 90 valence electrons. The van der Waals surface area contributed by atoms with Crippen molar-refractivity contribution in [1.29, 1.82) is 0 Å². The van der Waals surface area contributed by atoms with E-state index in [1.54, 1.807) is 6.92 Å². The van der Waals surface area contributed by atoms with Crippen LogP contribution in [0, 0.1) is 0 Å². The van der Waals surface area contributed by atoms with E-state index in [-0.39, 0.29) is 6.10 Å². The number of benzene rings is 1. The van der Waals surface area contributed by atoms with Gasteiger partial charge in [0.05, 0.1) is 12.6 Å². The highest BCUT2D eigenvalue weighted by Crippen LogP contribution is 2.21. The van der Waals surface area contributed by atoms with E-state index in [9.17, 15) is 0 Å². The summed E-state index contributed by atoms with van der Waals surface area (Å²) in [5.41, 5.74) is 1.08. The van der Waals surface area contributed by atoms with Gasteiger partial charge in [0, 0.05) is 12.1 Å². The Balaban J connectivity index is 1.97. The van der Waals surface area contributed by atoms with Gasteiger partial charge in [0.15, 0.2) is 0 Å². The smallest absolute Gasteiger partial charge is 0.134 e. The Kier molecular flexibility index (Phi) is 3.96. The molecule has 0 aliphatic heterocycles. The molecule has 0 saturated carbocycles. The van der Waals surface area contributed by atoms with Gasteiger partial charge < -0.3 is 14.8 Å². The lowest BCUT2D eigenvalue weighted by molar-refractivity contribution is 0.190. The third-order valence-corrected chi connectivity index (χ3v) is 2.46. The number of rotatable bonds is 5. The summed E-state index contributed by atoms with van der Waals surface area (Å²) < 4.78 is 5.71. The van der Waals surface area contributed by atoms with Crippen molar-refractivity contribution in [1.82, 2.24) is 5.32 Å². The summed E-state index contributed by atoms with van der Waals surface area (Å²) in [6.45, 7) is 2.96. The summed E-state index contributed by atoms with van der Waals surface area (Å²) in [7, 11) is 0. The number of aliphatic hydroxyl groups excluding tert-OH is 1. The van der Waals surface area contributed by atoms with Crippen LogP contribution in [-0.2, 0) is 6.54 Å². The second-order valence-electron chi connectivity index (χ2n) is 4.11. The number of hydrogen-bond acceptors (Lipinski definition) is 3. The molecular formula is C14H17NO2. The molecule has 1 aromatic heterocycles. The summed E-state index contributed by atoms with van der Waals surface area (Å²) in [5, 5.41) is 12.2. The molecule has 2 rings (SSSR count). The van der Waals surface area contributed by atoms with Gasteiger partial charge in [-0.05, 0) is 19.1 Å². The van der Waals surface area contributed by atoms with Crippen LogP contribution in [0.1, 0.15) is 12.7 Å². The first kappa shape index (κ1) is 11.9. The molecule has 1 aromatic carbocycles. The van der Waals surface area contributed by atoms with Crippen LogP contribution in [0.15, 0.2) is 46.9 Å². The molecule has 0 amide bonds. The van der Waals surface area contributed by atoms with E-state index in [1.807, 2.05) is 42.5 Å². The van der Waals surface area contributed by atoms with Crippen LogP contribution in [-0.4, -0.2) is 17.8 Å². The van der Waals surface area contributed by atoms with Gasteiger partial charge in [0.1, 0.15) is 11.5 Å². The van der Waals surface area contributed by atoms with Crippen molar-refractivity contribution >= 4 is 0 Å². The molecule has 0 unspecified atom stereocenters. The third-order valence-electron chi connectivity index (χ3n) is 2.46. The average Bonchev–Trinajstić information content (AvgIpc) is 2.78. The topological polar surface area (TPSA) is 45.4 Å². The predicted molar refractivity (Wildman–Crippen MR) is 67.5 cm³/mol. The number of aliphatic hydroxyl groups is 1. The average molecular weight is 231 g/mol. The Labute approximate surface area is 101 Å². The van der Waals surface area contributed by atoms with Crippen LogP contribution in [0.4, 0.5) is 0 Å². The lowest BCUT2D eigenvalue weighted by atomic mass is 10.2. The first-order valence-electron chi connectivity index (χ1n) is 5.78. The van der Waals surface area contributed by atoms with Crippen molar-refractivity contribution in [3.8, 4) is 11.3 Å². The molecule has 0 fully saturated rings. The van der Waals surface area contributed by atoms with E-state index in [0.29, 0.717) is 13.1 Å². The van der Waals surface area contributed by atoms with Crippen molar-refractivity contribution in [2.75, 3.05) is 6.54 Å². The second-order valence-corrected chi connectivity index (χ2v) is 4.11. The molecule has 1 atom stereocenters. The highest BCUT2D eigenvalue weighted by molar-refractivity contribution is 5.57. The minimum Gasteiger partial charge on any atom is -0.460 e. The van der Waals surface area contributed by atoms with Gasteiger partial charge in [-0.3, -0.25) is 0 Å². The van der Waals surface area contributed by atoms with Crippen molar-refractivity contribution in [3.05, 3.63) is 48.2 Å². The van der Waals surface area contributed by atoms with Crippen LogP contribution in [0.25, 0.3) is 11.3 Å². The standard InChI is InChI=1S/C14H17NO2/c1-11(16)9-15-10-13-7-8-14(17-13)12-5-3-2-4-6-12/h2-8,11,15-16H,9-10H2,1H3/t11-/m1/s1. The summed E-state index contributed by atoms with van der Waals surface area (Å²) in [4.78, 5) is 0. The molecule has 17 heavy (non-hydrogen) atoms.